The summed E-state index contributed by atoms with van der Waals surface area (Å²) >= 11 is 0. The zero-order valence-corrected chi connectivity index (χ0v) is 27.7. The quantitative estimate of drug-likeness (QED) is 0.200. The van der Waals surface area contributed by atoms with Gasteiger partial charge in [0.25, 0.3) is 5.91 Å². The number of urea groups is 1. The summed E-state index contributed by atoms with van der Waals surface area (Å²) in [6, 6.07) is 17.2. The summed E-state index contributed by atoms with van der Waals surface area (Å²) in [7, 11) is 1.70. The molecule has 1 aliphatic heterocycles. The number of aryl methyl sites for hydroxylation is 2. The van der Waals surface area contributed by atoms with Crippen LogP contribution in [0.5, 0.6) is 0 Å². The van der Waals surface area contributed by atoms with Crippen molar-refractivity contribution >= 4 is 46.5 Å². The molecule has 4 N–H and O–H groups in total. The highest BCUT2D eigenvalue weighted by molar-refractivity contribution is 6.07. The normalized spacial score (nSPS) is 13.5. The molecular weight excluding hydrogens is 562 g/mol. The number of carbonyl (C=O) groups excluding carboxylic acids is 2. The van der Waals surface area contributed by atoms with Gasteiger partial charge in [-0.3, -0.25) is 14.6 Å². The Kier molecular flexibility index (Phi) is 8.08. The van der Waals surface area contributed by atoms with Crippen molar-refractivity contribution in [3.8, 4) is 0 Å². The predicted octanol–water partition coefficient (Wildman–Crippen LogP) is 7.84. The number of nitrogen functional groups attached to an aromatic ring is 1. The van der Waals surface area contributed by atoms with Crippen LogP contribution >= 0.6 is 0 Å². The first-order valence-electron chi connectivity index (χ1n) is 15.1. The molecule has 2 heterocycles. The molecule has 9 heteroatoms. The van der Waals surface area contributed by atoms with E-state index in [-0.39, 0.29) is 29.3 Å². The molecule has 0 unspecified atom stereocenters. The highest BCUT2D eigenvalue weighted by atomic mass is 16.2. The Morgan fingerprint density at radius 3 is 2.11 bits per heavy atom. The van der Waals surface area contributed by atoms with Gasteiger partial charge in [-0.2, -0.15) is 4.98 Å². The second kappa shape index (κ2) is 11.5. The van der Waals surface area contributed by atoms with Gasteiger partial charge in [-0.1, -0.05) is 59.7 Å². The molecule has 3 amide bonds. The number of benzene rings is 3. The van der Waals surface area contributed by atoms with Crippen LogP contribution in [0, 0.1) is 13.8 Å². The van der Waals surface area contributed by atoms with Gasteiger partial charge in [-0.05, 0) is 83.3 Å². The number of carbonyl (C=O) groups is 2. The second-order valence-electron chi connectivity index (χ2n) is 13.9. The molecule has 9 nitrogen and oxygen atoms in total. The van der Waals surface area contributed by atoms with E-state index in [1.807, 2.05) is 62.4 Å². The van der Waals surface area contributed by atoms with Crippen molar-refractivity contribution in [1.29, 1.82) is 0 Å². The lowest BCUT2D eigenvalue weighted by Gasteiger charge is -2.35. The summed E-state index contributed by atoms with van der Waals surface area (Å²) in [6.07, 6.45) is 1.73. The second-order valence-corrected chi connectivity index (χ2v) is 13.9. The van der Waals surface area contributed by atoms with E-state index < -0.39 is 0 Å². The first kappa shape index (κ1) is 31.5. The minimum atomic E-state index is -0.231. The molecule has 4 aromatic rings. The van der Waals surface area contributed by atoms with E-state index in [0.717, 1.165) is 33.5 Å². The molecule has 0 saturated carbocycles. The van der Waals surface area contributed by atoms with Crippen LogP contribution in [0.1, 0.15) is 79.7 Å². The third-order valence-electron chi connectivity index (χ3n) is 8.23. The van der Waals surface area contributed by atoms with Crippen LogP contribution in [0.3, 0.4) is 0 Å². The average Bonchev–Trinajstić information content (AvgIpc) is 2.97. The van der Waals surface area contributed by atoms with E-state index in [9.17, 15) is 9.59 Å². The number of aromatic nitrogens is 2. The van der Waals surface area contributed by atoms with E-state index in [0.29, 0.717) is 34.4 Å². The molecule has 3 aromatic carbocycles. The summed E-state index contributed by atoms with van der Waals surface area (Å²) in [6.45, 7) is 17.1. The maximum atomic E-state index is 13.7. The lowest BCUT2D eigenvalue weighted by Crippen LogP contribution is -2.46. The van der Waals surface area contributed by atoms with Crippen molar-refractivity contribution in [2.45, 2.75) is 72.8 Å². The van der Waals surface area contributed by atoms with E-state index in [2.05, 4.69) is 68.2 Å². The zero-order valence-electron chi connectivity index (χ0n) is 27.7. The Morgan fingerprint density at radius 1 is 0.867 bits per heavy atom. The number of hydrogen-bond donors (Lipinski definition) is 3. The highest BCUT2D eigenvalue weighted by Crippen LogP contribution is 2.34. The maximum absolute atomic E-state index is 13.7. The van der Waals surface area contributed by atoms with E-state index in [1.54, 1.807) is 18.1 Å². The van der Waals surface area contributed by atoms with Gasteiger partial charge < -0.3 is 16.4 Å². The van der Waals surface area contributed by atoms with E-state index >= 15 is 0 Å². The van der Waals surface area contributed by atoms with Crippen LogP contribution < -0.4 is 26.2 Å². The number of nitrogens with two attached hydrogens (primary N) is 1. The summed E-state index contributed by atoms with van der Waals surface area (Å²) in [5.41, 5.74) is 14.1. The van der Waals surface area contributed by atoms with Gasteiger partial charge in [-0.25, -0.2) is 9.78 Å². The molecule has 0 fully saturated rings. The van der Waals surface area contributed by atoms with Crippen molar-refractivity contribution in [1.82, 2.24) is 9.97 Å². The van der Waals surface area contributed by atoms with Gasteiger partial charge in [0.15, 0.2) is 0 Å². The van der Waals surface area contributed by atoms with Crippen molar-refractivity contribution in [2.24, 2.45) is 0 Å². The molecule has 5 rings (SSSR count). The SMILES string of the molecule is Cc1ccc(Nc2ncc3c(n2)N(C)C(=O)N(c2cc(NC(=O)c4cc(C(C)(C)C)cc(C(C)(C)C)c4)ccc2C)C3)cc1N. The number of rotatable bonds is 5. The molecule has 0 bridgehead atoms. The summed E-state index contributed by atoms with van der Waals surface area (Å²) in [5.74, 6) is 0.707. The van der Waals surface area contributed by atoms with Crippen LogP contribution in [0.4, 0.5) is 39.3 Å². The Balaban J connectivity index is 1.40. The van der Waals surface area contributed by atoms with E-state index in [1.165, 1.54) is 4.90 Å². The Hall–Kier alpha value is -4.92. The molecule has 45 heavy (non-hydrogen) atoms. The van der Waals surface area contributed by atoms with Gasteiger partial charge in [0, 0.05) is 41.4 Å². The number of anilines is 6. The molecule has 0 saturated heterocycles. The number of amides is 3. The fourth-order valence-electron chi connectivity index (χ4n) is 5.21. The van der Waals surface area contributed by atoms with Crippen molar-refractivity contribution in [3.05, 3.63) is 94.2 Å². The monoisotopic (exact) mass is 605 g/mol. The number of fused-ring (bicyclic) bond motifs is 1. The summed E-state index contributed by atoms with van der Waals surface area (Å²) in [4.78, 5) is 39.6. The van der Waals surface area contributed by atoms with Gasteiger partial charge >= 0.3 is 6.03 Å². The fourth-order valence-corrected chi connectivity index (χ4v) is 5.21. The van der Waals surface area contributed by atoms with Crippen LogP contribution in [0.25, 0.3) is 0 Å². The van der Waals surface area contributed by atoms with Gasteiger partial charge in [0.2, 0.25) is 5.95 Å². The van der Waals surface area contributed by atoms with Crippen molar-refractivity contribution in [3.63, 3.8) is 0 Å². The topological polar surface area (TPSA) is 116 Å². The van der Waals surface area contributed by atoms with Crippen LogP contribution in [-0.2, 0) is 17.4 Å². The van der Waals surface area contributed by atoms with Crippen LogP contribution in [-0.4, -0.2) is 29.0 Å². The molecule has 0 aliphatic carbocycles. The average molecular weight is 606 g/mol. The molecule has 1 aliphatic rings. The van der Waals surface area contributed by atoms with Crippen LogP contribution in [0.15, 0.2) is 60.8 Å². The standard InChI is InChI=1S/C36H43N7O2/c1-21-10-12-27(17-29(21)37)40-33-38-19-24-20-43(34(45)42(9)31(24)41-33)30-18-28(13-11-22(30)2)39-32(44)23-14-25(35(3,4)5)16-26(15-23)36(6,7)8/h10-19H,20,37H2,1-9H3,(H,39,44)(H,38,40,41). The minimum absolute atomic E-state index is 0.112. The molecular formula is C36H43N7O2. The fraction of sp³-hybridized carbons (Fsp3) is 0.333. The molecule has 234 valence electrons. The molecule has 1 aromatic heterocycles. The van der Waals surface area contributed by atoms with E-state index in [4.69, 9.17) is 5.73 Å². The summed E-state index contributed by atoms with van der Waals surface area (Å²) < 4.78 is 0. The maximum Gasteiger partial charge on any atom is 0.330 e. The summed E-state index contributed by atoms with van der Waals surface area (Å²) in [5, 5.41) is 6.25. The highest BCUT2D eigenvalue weighted by Gasteiger charge is 2.32. The molecule has 0 spiro atoms. The Bertz CT molecular complexity index is 1770. The largest absolute Gasteiger partial charge is 0.398 e. The first-order chi connectivity index (χ1) is 21.0. The Morgan fingerprint density at radius 2 is 1.49 bits per heavy atom. The van der Waals surface area contributed by atoms with Gasteiger partial charge in [-0.15, -0.1) is 0 Å². The van der Waals surface area contributed by atoms with Crippen molar-refractivity contribution < 1.29 is 9.59 Å². The molecule has 0 atom stereocenters. The lowest BCUT2D eigenvalue weighted by atomic mass is 9.79. The zero-order chi connectivity index (χ0) is 32.8. The number of nitrogens with zero attached hydrogens (tertiary/aromatic N) is 4. The third kappa shape index (κ3) is 6.62. The first-order valence-corrected chi connectivity index (χ1v) is 15.1. The number of hydrogen-bond acceptors (Lipinski definition) is 6. The predicted molar refractivity (Wildman–Crippen MR) is 184 cm³/mol. The lowest BCUT2D eigenvalue weighted by molar-refractivity contribution is 0.102. The third-order valence-corrected chi connectivity index (χ3v) is 8.23. The van der Waals surface area contributed by atoms with Gasteiger partial charge in [0.1, 0.15) is 5.82 Å². The minimum Gasteiger partial charge on any atom is -0.398 e. The van der Waals surface area contributed by atoms with Crippen molar-refractivity contribution in [2.75, 3.05) is 33.2 Å². The smallest absolute Gasteiger partial charge is 0.330 e. The Labute approximate surface area is 265 Å². The van der Waals surface area contributed by atoms with Gasteiger partial charge in [0.05, 0.1) is 12.2 Å². The number of nitrogens with one attached hydrogen (secondary N) is 2. The van der Waals surface area contributed by atoms with Crippen LogP contribution in [0.2, 0.25) is 0 Å². The molecule has 0 radical (unpaired) electrons.